The van der Waals surface area contributed by atoms with E-state index in [4.69, 9.17) is 16.3 Å². The normalized spacial score (nSPS) is 14.0. The molecule has 3 aromatic rings. The van der Waals surface area contributed by atoms with Crippen LogP contribution in [0.15, 0.2) is 36.4 Å². The number of ether oxygens (including phenoxy) is 1. The quantitative estimate of drug-likeness (QED) is 0.300. The second-order valence-corrected chi connectivity index (χ2v) is 9.60. The van der Waals surface area contributed by atoms with Gasteiger partial charge in [0.05, 0.1) is 28.4 Å². The fraction of sp³-hybridized carbons (Fsp3) is 0.417. The van der Waals surface area contributed by atoms with Crippen molar-refractivity contribution in [2.24, 2.45) is 0 Å². The van der Waals surface area contributed by atoms with Crippen LogP contribution in [-0.2, 0) is 4.74 Å². The van der Waals surface area contributed by atoms with Crippen molar-refractivity contribution in [2.75, 3.05) is 62.3 Å². The summed E-state index contributed by atoms with van der Waals surface area (Å²) >= 11 is 7.53. The number of anilines is 2. The topological polar surface area (TPSA) is 92.0 Å². The molecule has 0 radical (unpaired) electrons. The van der Waals surface area contributed by atoms with Gasteiger partial charge in [0.2, 0.25) is 0 Å². The average molecular weight is 518 g/mol. The first-order valence-corrected chi connectivity index (χ1v) is 12.8. The molecule has 35 heavy (non-hydrogen) atoms. The molecule has 2 aromatic carbocycles. The van der Waals surface area contributed by atoms with Crippen molar-refractivity contribution in [3.05, 3.63) is 57.1 Å². The Morgan fingerprint density at radius 1 is 1.17 bits per heavy atom. The Morgan fingerprint density at radius 2 is 1.91 bits per heavy atom. The summed E-state index contributed by atoms with van der Waals surface area (Å²) in [6.45, 7) is 9.08. The second-order valence-electron chi connectivity index (χ2n) is 8.15. The van der Waals surface area contributed by atoms with E-state index in [-0.39, 0.29) is 17.2 Å². The maximum atomic E-state index is 13.7. The van der Waals surface area contributed by atoms with Gasteiger partial charge in [-0.1, -0.05) is 36.8 Å². The van der Waals surface area contributed by atoms with Gasteiger partial charge in [-0.05, 0) is 43.4 Å². The Hall–Kier alpha value is -2.79. The highest BCUT2D eigenvalue weighted by molar-refractivity contribution is 7.22. The molecule has 1 aromatic heterocycles. The van der Waals surface area contributed by atoms with Crippen molar-refractivity contribution in [1.82, 2.24) is 9.88 Å². The molecule has 0 aliphatic carbocycles. The van der Waals surface area contributed by atoms with Gasteiger partial charge in [0, 0.05) is 42.8 Å². The van der Waals surface area contributed by atoms with Gasteiger partial charge in [0.25, 0.3) is 11.6 Å². The molecule has 0 saturated carbocycles. The number of halogens is 1. The lowest BCUT2D eigenvalue weighted by Gasteiger charge is -2.29. The average Bonchev–Trinajstić information content (AvgIpc) is 3.29. The van der Waals surface area contributed by atoms with Crippen molar-refractivity contribution in [3.8, 4) is 0 Å². The number of carbonyl (C=O) groups is 1. The molecule has 0 bridgehead atoms. The maximum absolute atomic E-state index is 13.7. The smallest absolute Gasteiger partial charge is 0.293 e. The van der Waals surface area contributed by atoms with Gasteiger partial charge in [-0.15, -0.1) is 0 Å². The first-order chi connectivity index (χ1) is 16.9. The maximum Gasteiger partial charge on any atom is 0.293 e. The predicted octanol–water partition coefficient (Wildman–Crippen LogP) is 4.68. The van der Waals surface area contributed by atoms with Crippen LogP contribution in [0.25, 0.3) is 10.2 Å². The highest BCUT2D eigenvalue weighted by Crippen LogP contribution is 2.34. The van der Waals surface area contributed by atoms with Crippen LogP contribution in [0.1, 0.15) is 24.2 Å². The lowest BCUT2D eigenvalue weighted by Crippen LogP contribution is -2.39. The third-order valence-electron chi connectivity index (χ3n) is 6.12. The third-order valence-corrected chi connectivity index (χ3v) is 7.40. The molecule has 4 rings (SSSR count). The molecule has 1 fully saturated rings. The van der Waals surface area contributed by atoms with Gasteiger partial charge in [-0.2, -0.15) is 0 Å². The highest BCUT2D eigenvalue weighted by atomic mass is 35.5. The summed E-state index contributed by atoms with van der Waals surface area (Å²) < 4.78 is 6.25. The van der Waals surface area contributed by atoms with E-state index >= 15 is 0 Å². The van der Waals surface area contributed by atoms with Crippen molar-refractivity contribution in [2.45, 2.75) is 13.8 Å². The van der Waals surface area contributed by atoms with Crippen LogP contribution < -0.4 is 9.80 Å². The van der Waals surface area contributed by atoms with Crippen LogP contribution in [0.2, 0.25) is 5.02 Å². The Kier molecular flexibility index (Phi) is 8.17. The number of carbonyl (C=O) groups excluding carboxylic acids is 1. The number of aromatic nitrogens is 1. The molecule has 2 heterocycles. The Bertz CT molecular complexity index is 1210. The Labute approximate surface area is 213 Å². The molecule has 9 nitrogen and oxygen atoms in total. The summed E-state index contributed by atoms with van der Waals surface area (Å²) in [6.07, 6.45) is 0. The summed E-state index contributed by atoms with van der Waals surface area (Å²) in [5.41, 5.74) is 1.42. The number of nitro groups is 1. The summed E-state index contributed by atoms with van der Waals surface area (Å²) in [6, 6.07) is 10.1. The molecule has 0 N–H and O–H groups in total. The first-order valence-electron chi connectivity index (χ1n) is 11.6. The molecule has 1 aliphatic heterocycles. The molecule has 0 unspecified atom stereocenters. The standard InChI is InChI=1S/C24H28ClN5O4S/c1-3-27(4-2)9-10-29(24-26-19-7-6-18(25)16-22(19)35-24)23(31)17-5-8-20(21(15-17)30(32)33)28-11-13-34-14-12-28/h5-8,15-16H,3-4,9-14H2,1-2H3. The van der Waals surface area contributed by atoms with Crippen molar-refractivity contribution < 1.29 is 14.5 Å². The van der Waals surface area contributed by atoms with Crippen LogP contribution in [0.5, 0.6) is 0 Å². The van der Waals surface area contributed by atoms with Crippen molar-refractivity contribution >= 4 is 55.6 Å². The molecule has 1 aliphatic rings. The van der Waals surface area contributed by atoms with Crippen LogP contribution >= 0.6 is 22.9 Å². The summed E-state index contributed by atoms with van der Waals surface area (Å²) in [5.74, 6) is -0.320. The fourth-order valence-corrected chi connectivity index (χ4v) is 5.36. The lowest BCUT2D eigenvalue weighted by molar-refractivity contribution is -0.384. The Balaban J connectivity index is 1.69. The van der Waals surface area contributed by atoms with E-state index in [1.807, 2.05) is 17.0 Å². The van der Waals surface area contributed by atoms with E-state index in [1.165, 1.54) is 17.4 Å². The van der Waals surface area contributed by atoms with Gasteiger partial charge in [0.15, 0.2) is 5.13 Å². The number of amides is 1. The van der Waals surface area contributed by atoms with E-state index < -0.39 is 4.92 Å². The van der Waals surface area contributed by atoms with E-state index in [1.54, 1.807) is 23.1 Å². The van der Waals surface area contributed by atoms with Gasteiger partial charge in [-0.25, -0.2) is 4.98 Å². The molecule has 1 saturated heterocycles. The van der Waals surface area contributed by atoms with E-state index in [2.05, 4.69) is 23.7 Å². The number of morpholine rings is 1. The summed E-state index contributed by atoms with van der Waals surface area (Å²) in [4.78, 5) is 35.6. The van der Waals surface area contributed by atoms with Crippen molar-refractivity contribution in [3.63, 3.8) is 0 Å². The molecule has 186 valence electrons. The number of benzene rings is 2. The fourth-order valence-electron chi connectivity index (χ4n) is 4.10. The van der Waals surface area contributed by atoms with Gasteiger partial charge in [0.1, 0.15) is 5.69 Å². The predicted molar refractivity (Wildman–Crippen MR) is 140 cm³/mol. The minimum atomic E-state index is -0.429. The lowest BCUT2D eigenvalue weighted by atomic mass is 10.1. The number of hydrogen-bond donors (Lipinski definition) is 0. The molecule has 0 atom stereocenters. The summed E-state index contributed by atoms with van der Waals surface area (Å²) in [7, 11) is 0. The van der Waals surface area contributed by atoms with E-state index in [0.29, 0.717) is 55.2 Å². The van der Waals surface area contributed by atoms with Gasteiger partial charge >= 0.3 is 0 Å². The number of nitrogens with zero attached hydrogens (tertiary/aromatic N) is 5. The first kappa shape index (κ1) is 25.3. The van der Waals surface area contributed by atoms with E-state index in [9.17, 15) is 14.9 Å². The van der Waals surface area contributed by atoms with Crippen LogP contribution in [0.4, 0.5) is 16.5 Å². The summed E-state index contributed by atoms with van der Waals surface area (Å²) in [5, 5.41) is 13.1. The van der Waals surface area contributed by atoms with Crippen LogP contribution in [0.3, 0.4) is 0 Å². The third kappa shape index (κ3) is 5.72. The molecular weight excluding hydrogens is 490 g/mol. The minimum Gasteiger partial charge on any atom is -0.378 e. The number of hydrogen-bond acceptors (Lipinski definition) is 8. The molecule has 1 amide bonds. The van der Waals surface area contributed by atoms with Crippen LogP contribution in [-0.4, -0.2) is 73.2 Å². The van der Waals surface area contributed by atoms with Crippen molar-refractivity contribution in [1.29, 1.82) is 0 Å². The Morgan fingerprint density at radius 3 is 2.60 bits per heavy atom. The minimum absolute atomic E-state index is 0.0856. The van der Waals surface area contributed by atoms with Gasteiger partial charge < -0.3 is 14.5 Å². The zero-order valence-corrected chi connectivity index (χ0v) is 21.3. The molecule has 11 heteroatoms. The zero-order chi connectivity index (χ0) is 24.9. The van der Waals surface area contributed by atoms with Gasteiger partial charge in [-0.3, -0.25) is 19.8 Å². The van der Waals surface area contributed by atoms with E-state index in [0.717, 1.165) is 23.3 Å². The number of rotatable bonds is 9. The molecule has 0 spiro atoms. The zero-order valence-electron chi connectivity index (χ0n) is 19.8. The second kappa shape index (κ2) is 11.3. The number of nitro benzene ring substituents is 1. The number of likely N-dealkylation sites (N-methyl/N-ethyl adjacent to an activating group) is 1. The number of thiazole rings is 1. The monoisotopic (exact) mass is 517 g/mol. The van der Waals surface area contributed by atoms with Crippen LogP contribution in [0, 0.1) is 10.1 Å². The molecular formula is C24H28ClN5O4S. The SMILES string of the molecule is CCN(CC)CCN(C(=O)c1ccc(N2CCOCC2)c([N+](=O)[O-])c1)c1nc2ccc(Cl)cc2s1. The highest BCUT2D eigenvalue weighted by Gasteiger charge is 2.27. The number of fused-ring (bicyclic) bond motifs is 1. The largest absolute Gasteiger partial charge is 0.378 e.